The lowest BCUT2D eigenvalue weighted by Crippen LogP contribution is -2.35. The quantitative estimate of drug-likeness (QED) is 0.319. The number of ether oxygens (including phenoxy) is 1. The van der Waals surface area contributed by atoms with Crippen molar-refractivity contribution in [3.63, 3.8) is 0 Å². The third-order valence-corrected chi connectivity index (χ3v) is 9.03. The molecule has 1 saturated heterocycles. The number of hydrogen-bond acceptors (Lipinski definition) is 7. The van der Waals surface area contributed by atoms with Gasteiger partial charge in [-0.25, -0.2) is 14.4 Å². The number of carbonyl (C=O) groups is 1. The standard InChI is InChI=1S/C30H29ClFN7O2S/c1-18-22(19-3-2-4-21(6-5-19)37-8-10-41-11-9-37)14-24(31)23-16-39(36-26(18)23)28(29(40)35-30-33-7-12-42-30)27-25-13-20(32)15-38(25)17-34-27/h3-7,12,14,16-17,20,28H,2,8-11,13,15H2,1H3,(H,33,35,40)/t20-,28?/m1/s1. The first-order valence-electron chi connectivity index (χ1n) is 13.9. The van der Waals surface area contributed by atoms with Crippen LogP contribution >= 0.6 is 22.9 Å². The number of allylic oxidation sites excluding steroid dienone is 5. The number of nitrogens with one attached hydrogen (secondary N) is 1. The molecule has 42 heavy (non-hydrogen) atoms. The fraction of sp³-hybridized carbons (Fsp3) is 0.333. The van der Waals surface area contributed by atoms with E-state index in [1.165, 1.54) is 17.0 Å². The molecule has 1 aromatic carbocycles. The third kappa shape index (κ3) is 4.95. The number of rotatable bonds is 6. The number of hydrogen-bond donors (Lipinski definition) is 1. The summed E-state index contributed by atoms with van der Waals surface area (Å²) >= 11 is 8.20. The molecule has 0 spiro atoms. The average Bonchev–Trinajstić information content (AvgIpc) is 3.76. The maximum absolute atomic E-state index is 14.3. The number of aryl methyl sites for hydroxylation is 1. The van der Waals surface area contributed by atoms with Crippen LogP contribution in [0.4, 0.5) is 9.52 Å². The number of morpholine rings is 1. The molecule has 2 aliphatic heterocycles. The average molecular weight is 606 g/mol. The van der Waals surface area contributed by atoms with Crippen molar-refractivity contribution in [3.8, 4) is 0 Å². The van der Waals surface area contributed by atoms with Crippen LogP contribution in [0.3, 0.4) is 0 Å². The molecule has 1 aliphatic carbocycles. The van der Waals surface area contributed by atoms with Gasteiger partial charge in [-0.15, -0.1) is 11.3 Å². The normalized spacial score (nSPS) is 19.4. The van der Waals surface area contributed by atoms with Gasteiger partial charge in [0.25, 0.3) is 5.91 Å². The molecule has 0 bridgehead atoms. The van der Waals surface area contributed by atoms with Crippen molar-refractivity contribution in [2.45, 2.75) is 38.5 Å². The van der Waals surface area contributed by atoms with Gasteiger partial charge in [0.1, 0.15) is 6.17 Å². The maximum Gasteiger partial charge on any atom is 0.257 e. The zero-order valence-electron chi connectivity index (χ0n) is 23.0. The van der Waals surface area contributed by atoms with Crippen LogP contribution in [0.2, 0.25) is 5.02 Å². The molecular weight excluding hydrogens is 577 g/mol. The molecule has 1 fully saturated rings. The number of amides is 1. The molecule has 0 radical (unpaired) electrons. The number of thiazole rings is 1. The van der Waals surface area contributed by atoms with E-state index < -0.39 is 12.2 Å². The van der Waals surface area contributed by atoms with Gasteiger partial charge in [0.15, 0.2) is 11.2 Å². The van der Waals surface area contributed by atoms with E-state index in [-0.39, 0.29) is 18.9 Å². The van der Waals surface area contributed by atoms with E-state index in [0.29, 0.717) is 27.1 Å². The van der Waals surface area contributed by atoms with Crippen molar-refractivity contribution >= 4 is 50.5 Å². The molecule has 12 heteroatoms. The van der Waals surface area contributed by atoms with Crippen molar-refractivity contribution in [1.29, 1.82) is 0 Å². The zero-order chi connectivity index (χ0) is 28.8. The molecule has 5 heterocycles. The van der Waals surface area contributed by atoms with E-state index in [1.807, 2.05) is 13.0 Å². The molecular formula is C30H29ClFN7O2S. The predicted molar refractivity (Wildman–Crippen MR) is 161 cm³/mol. The number of anilines is 1. The van der Waals surface area contributed by atoms with Crippen LogP contribution in [0.1, 0.15) is 35.0 Å². The van der Waals surface area contributed by atoms with E-state index in [4.69, 9.17) is 21.4 Å². The van der Waals surface area contributed by atoms with Crippen LogP contribution in [0.5, 0.6) is 0 Å². The van der Waals surface area contributed by atoms with E-state index in [0.717, 1.165) is 54.8 Å². The predicted octanol–water partition coefficient (Wildman–Crippen LogP) is 5.33. The second-order valence-electron chi connectivity index (χ2n) is 10.6. The largest absolute Gasteiger partial charge is 0.378 e. The summed E-state index contributed by atoms with van der Waals surface area (Å²) in [7, 11) is 0. The highest BCUT2D eigenvalue weighted by molar-refractivity contribution is 7.13. The lowest BCUT2D eigenvalue weighted by atomic mass is 9.97. The van der Waals surface area contributed by atoms with Crippen LogP contribution in [0.25, 0.3) is 16.5 Å². The fourth-order valence-electron chi connectivity index (χ4n) is 5.94. The Hall–Kier alpha value is -3.80. The van der Waals surface area contributed by atoms with Gasteiger partial charge in [0.2, 0.25) is 0 Å². The monoisotopic (exact) mass is 605 g/mol. The highest BCUT2D eigenvalue weighted by atomic mass is 35.5. The topological polar surface area (TPSA) is 90.1 Å². The molecule has 1 N–H and O–H groups in total. The number of aromatic nitrogens is 5. The van der Waals surface area contributed by atoms with E-state index >= 15 is 0 Å². The number of halogens is 2. The number of nitrogens with zero attached hydrogens (tertiary/aromatic N) is 6. The maximum atomic E-state index is 14.3. The summed E-state index contributed by atoms with van der Waals surface area (Å²) in [4.78, 5) is 24.8. The zero-order valence-corrected chi connectivity index (χ0v) is 24.5. The number of imidazole rings is 1. The first kappa shape index (κ1) is 27.1. The van der Waals surface area contributed by atoms with Crippen molar-refractivity contribution in [2.75, 3.05) is 31.6 Å². The van der Waals surface area contributed by atoms with E-state index in [9.17, 15) is 9.18 Å². The van der Waals surface area contributed by atoms with Crippen molar-refractivity contribution < 1.29 is 13.9 Å². The second-order valence-corrected chi connectivity index (χ2v) is 11.9. The minimum Gasteiger partial charge on any atom is -0.378 e. The van der Waals surface area contributed by atoms with Crippen LogP contribution in [-0.4, -0.2) is 67.6 Å². The van der Waals surface area contributed by atoms with E-state index in [1.54, 1.807) is 33.3 Å². The lowest BCUT2D eigenvalue weighted by Gasteiger charge is -2.29. The Morgan fingerprint density at radius 2 is 2.10 bits per heavy atom. The lowest BCUT2D eigenvalue weighted by molar-refractivity contribution is -0.118. The van der Waals surface area contributed by atoms with Crippen LogP contribution in [0, 0.1) is 6.92 Å². The Balaban J connectivity index is 1.26. The van der Waals surface area contributed by atoms with Crippen molar-refractivity contribution in [3.05, 3.63) is 87.7 Å². The second kappa shape index (κ2) is 11.1. The van der Waals surface area contributed by atoms with Gasteiger partial charge >= 0.3 is 0 Å². The summed E-state index contributed by atoms with van der Waals surface area (Å²) in [6.07, 6.45) is 13.7. The van der Waals surface area contributed by atoms with Gasteiger partial charge in [-0.05, 0) is 42.2 Å². The summed E-state index contributed by atoms with van der Waals surface area (Å²) < 4.78 is 23.2. The number of carbonyl (C=O) groups excluding carboxylic acids is 1. The smallest absolute Gasteiger partial charge is 0.257 e. The molecule has 7 rings (SSSR count). The fourth-order valence-corrected chi connectivity index (χ4v) is 6.72. The summed E-state index contributed by atoms with van der Waals surface area (Å²) in [5.41, 5.74) is 6.06. The summed E-state index contributed by atoms with van der Waals surface area (Å²) in [6, 6.07) is 1.03. The molecule has 216 valence electrons. The van der Waals surface area contributed by atoms with Gasteiger partial charge in [-0.3, -0.25) is 14.8 Å². The number of alkyl halides is 1. The van der Waals surface area contributed by atoms with Gasteiger partial charge in [-0.1, -0.05) is 29.8 Å². The first-order valence-corrected chi connectivity index (χ1v) is 15.2. The SMILES string of the molecule is Cc1c(C2=CCC=C(N3CCOCC3)C=C2)cc(Cl)c2cn(C(C(=O)Nc3nccs3)c3ncn4c3C[C@@H](F)C4)nc12. The van der Waals surface area contributed by atoms with Crippen LogP contribution in [0.15, 0.2) is 60.2 Å². The van der Waals surface area contributed by atoms with Crippen molar-refractivity contribution in [1.82, 2.24) is 29.2 Å². The third-order valence-electron chi connectivity index (χ3n) is 8.03. The van der Waals surface area contributed by atoms with Gasteiger partial charge in [0.05, 0.1) is 42.3 Å². The van der Waals surface area contributed by atoms with Gasteiger partial charge in [0, 0.05) is 54.1 Å². The number of benzene rings is 1. The first-order chi connectivity index (χ1) is 20.5. The summed E-state index contributed by atoms with van der Waals surface area (Å²) in [6.45, 7) is 5.47. The highest BCUT2D eigenvalue weighted by Crippen LogP contribution is 2.36. The Labute approximate surface area is 251 Å². The summed E-state index contributed by atoms with van der Waals surface area (Å²) in [5.74, 6) is -0.355. The highest BCUT2D eigenvalue weighted by Gasteiger charge is 2.34. The Bertz CT molecular complexity index is 1750. The molecule has 9 nitrogen and oxygen atoms in total. The molecule has 0 saturated carbocycles. The Morgan fingerprint density at radius 3 is 2.90 bits per heavy atom. The van der Waals surface area contributed by atoms with Gasteiger partial charge in [-0.2, -0.15) is 5.10 Å². The molecule has 1 amide bonds. The van der Waals surface area contributed by atoms with Gasteiger partial charge < -0.3 is 14.2 Å². The minimum atomic E-state index is -1.01. The van der Waals surface area contributed by atoms with Crippen LogP contribution < -0.4 is 5.32 Å². The molecule has 2 atom stereocenters. The van der Waals surface area contributed by atoms with E-state index in [2.05, 4.69) is 44.5 Å². The summed E-state index contributed by atoms with van der Waals surface area (Å²) in [5, 5.41) is 11.3. The Morgan fingerprint density at radius 1 is 1.24 bits per heavy atom. The molecule has 3 aromatic heterocycles. The minimum absolute atomic E-state index is 0.196. The van der Waals surface area contributed by atoms with Crippen molar-refractivity contribution in [2.24, 2.45) is 0 Å². The van der Waals surface area contributed by atoms with Crippen LogP contribution in [-0.2, 0) is 22.5 Å². The Kier molecular flexibility index (Phi) is 7.17. The molecule has 3 aliphatic rings. The molecule has 1 unspecified atom stereocenters. The number of fused-ring (bicyclic) bond motifs is 2. The molecule has 4 aromatic rings.